The number of furan rings is 1. The van der Waals surface area contributed by atoms with Crippen LogP contribution in [0, 0.1) is 12.8 Å². The number of rotatable bonds is 5. The molecule has 1 N–H and O–H groups in total. The average molecular weight is 427 g/mol. The molecule has 1 aliphatic rings. The molecule has 0 aliphatic carbocycles. The van der Waals surface area contributed by atoms with E-state index in [1.165, 1.54) is 0 Å². The van der Waals surface area contributed by atoms with E-state index in [1.807, 2.05) is 25.1 Å². The van der Waals surface area contributed by atoms with Crippen LogP contribution in [0.4, 0.5) is 5.69 Å². The molecule has 3 aromatic rings. The van der Waals surface area contributed by atoms with Gasteiger partial charge in [0, 0.05) is 29.7 Å². The highest BCUT2D eigenvalue weighted by atomic mass is 32.2. The van der Waals surface area contributed by atoms with Crippen LogP contribution < -0.4 is 5.32 Å². The van der Waals surface area contributed by atoms with Crippen LogP contribution in [0.1, 0.15) is 30.9 Å². The number of amides is 1. The molecule has 1 amide bonds. The van der Waals surface area contributed by atoms with Crippen LogP contribution in [0.3, 0.4) is 0 Å². The fraction of sp³-hybridized carbons (Fsp3) is 0.348. The molecule has 0 unspecified atom stereocenters. The lowest BCUT2D eigenvalue weighted by atomic mass is 10.0. The second-order valence-corrected chi connectivity index (χ2v) is 10.1. The lowest BCUT2D eigenvalue weighted by Crippen LogP contribution is -2.39. The Kier molecular flexibility index (Phi) is 5.66. The van der Waals surface area contributed by atoms with Gasteiger partial charge in [0.05, 0.1) is 17.6 Å². The molecule has 1 saturated heterocycles. The Labute approximate surface area is 176 Å². The number of carbonyl (C=O) groups excluding carboxylic acids is 1. The van der Waals surface area contributed by atoms with E-state index in [2.05, 4.69) is 12.2 Å². The first-order chi connectivity index (χ1) is 14.3. The number of piperidine rings is 1. The fourth-order valence-electron chi connectivity index (χ4n) is 3.93. The second kappa shape index (κ2) is 8.24. The van der Waals surface area contributed by atoms with Gasteiger partial charge in [-0.25, -0.2) is 8.42 Å². The predicted molar refractivity (Wildman–Crippen MR) is 117 cm³/mol. The van der Waals surface area contributed by atoms with Gasteiger partial charge in [0.1, 0.15) is 5.58 Å². The van der Waals surface area contributed by atoms with Gasteiger partial charge in [-0.2, -0.15) is 4.31 Å². The van der Waals surface area contributed by atoms with Gasteiger partial charge in [0.25, 0.3) is 0 Å². The zero-order valence-corrected chi connectivity index (χ0v) is 18.0. The molecule has 0 spiro atoms. The summed E-state index contributed by atoms with van der Waals surface area (Å²) in [6, 6.07) is 12.3. The van der Waals surface area contributed by atoms with Gasteiger partial charge < -0.3 is 9.73 Å². The van der Waals surface area contributed by atoms with Crippen molar-refractivity contribution in [2.75, 3.05) is 18.4 Å². The van der Waals surface area contributed by atoms with Gasteiger partial charge >= 0.3 is 0 Å². The van der Waals surface area contributed by atoms with Gasteiger partial charge in [-0.1, -0.05) is 19.1 Å². The van der Waals surface area contributed by atoms with Gasteiger partial charge in [-0.15, -0.1) is 0 Å². The number of anilines is 1. The zero-order chi connectivity index (χ0) is 21.3. The van der Waals surface area contributed by atoms with E-state index in [4.69, 9.17) is 4.42 Å². The van der Waals surface area contributed by atoms with Crippen molar-refractivity contribution in [3.8, 4) is 0 Å². The summed E-state index contributed by atoms with van der Waals surface area (Å²) in [7, 11) is -3.50. The van der Waals surface area contributed by atoms with Crippen molar-refractivity contribution < 1.29 is 17.6 Å². The molecule has 0 saturated carbocycles. The molecule has 0 bridgehead atoms. The fourth-order valence-corrected chi connectivity index (χ4v) is 5.53. The minimum Gasteiger partial charge on any atom is -0.464 e. The number of aryl methyl sites for hydroxylation is 1. The summed E-state index contributed by atoms with van der Waals surface area (Å²) in [4.78, 5) is 12.7. The SMILES string of the molecule is Cc1ccc2c(CC(=O)Nc3ccc(S(=O)(=O)N4CCC[C@@H](C)C4)cc3)coc2c1. The monoisotopic (exact) mass is 426 g/mol. The molecule has 4 rings (SSSR count). The lowest BCUT2D eigenvalue weighted by Gasteiger charge is -2.30. The number of sulfonamides is 1. The lowest BCUT2D eigenvalue weighted by molar-refractivity contribution is -0.115. The summed E-state index contributed by atoms with van der Waals surface area (Å²) in [5.41, 5.74) is 3.25. The van der Waals surface area contributed by atoms with E-state index in [1.54, 1.807) is 34.8 Å². The molecule has 0 radical (unpaired) electrons. The maximum Gasteiger partial charge on any atom is 0.243 e. The van der Waals surface area contributed by atoms with Crippen molar-refractivity contribution in [1.82, 2.24) is 4.31 Å². The third-order valence-corrected chi connectivity index (χ3v) is 7.44. The minimum absolute atomic E-state index is 0.182. The maximum atomic E-state index is 12.9. The van der Waals surface area contributed by atoms with Gasteiger partial charge in [-0.3, -0.25) is 4.79 Å². The molecule has 30 heavy (non-hydrogen) atoms. The quantitative estimate of drug-likeness (QED) is 0.658. The Balaban J connectivity index is 1.43. The molecule has 158 valence electrons. The zero-order valence-electron chi connectivity index (χ0n) is 17.2. The van der Waals surface area contributed by atoms with Crippen LogP contribution in [0.15, 0.2) is 58.0 Å². The summed E-state index contributed by atoms with van der Waals surface area (Å²) in [5, 5.41) is 3.76. The van der Waals surface area contributed by atoms with Crippen LogP contribution in [-0.2, 0) is 21.2 Å². The Morgan fingerprint density at radius 2 is 1.97 bits per heavy atom. The topological polar surface area (TPSA) is 79.6 Å². The van der Waals surface area contributed by atoms with Gasteiger partial charge in [0.2, 0.25) is 15.9 Å². The van der Waals surface area contributed by atoms with E-state index in [9.17, 15) is 13.2 Å². The second-order valence-electron chi connectivity index (χ2n) is 8.12. The molecule has 1 fully saturated rings. The summed E-state index contributed by atoms with van der Waals surface area (Å²) in [6.45, 7) is 5.18. The highest BCUT2D eigenvalue weighted by molar-refractivity contribution is 7.89. The number of carbonyl (C=O) groups is 1. The van der Waals surface area contributed by atoms with Crippen LogP contribution in [-0.4, -0.2) is 31.7 Å². The molecule has 1 aromatic heterocycles. The van der Waals surface area contributed by atoms with Crippen molar-refractivity contribution >= 4 is 32.6 Å². The summed E-state index contributed by atoms with van der Waals surface area (Å²) in [5.74, 6) is 0.189. The van der Waals surface area contributed by atoms with Crippen LogP contribution in [0.2, 0.25) is 0 Å². The van der Waals surface area contributed by atoms with E-state index in [-0.39, 0.29) is 17.2 Å². The van der Waals surface area contributed by atoms with E-state index < -0.39 is 10.0 Å². The minimum atomic E-state index is -3.50. The number of nitrogens with zero attached hydrogens (tertiary/aromatic N) is 1. The first-order valence-electron chi connectivity index (χ1n) is 10.2. The Bertz CT molecular complexity index is 1170. The Morgan fingerprint density at radius 1 is 1.20 bits per heavy atom. The summed E-state index contributed by atoms with van der Waals surface area (Å²) >= 11 is 0. The molecule has 2 heterocycles. The highest BCUT2D eigenvalue weighted by Gasteiger charge is 2.28. The van der Waals surface area contributed by atoms with Crippen LogP contribution in [0.5, 0.6) is 0 Å². The molecule has 2 aromatic carbocycles. The summed E-state index contributed by atoms with van der Waals surface area (Å²) < 4.78 is 32.8. The van der Waals surface area contributed by atoms with Gasteiger partial charge in [-0.05, 0) is 61.6 Å². The molecular formula is C23H26N2O4S. The van der Waals surface area contributed by atoms with E-state index in [0.717, 1.165) is 34.9 Å². The van der Waals surface area contributed by atoms with Crippen molar-refractivity contribution in [2.45, 2.75) is 38.0 Å². The van der Waals surface area contributed by atoms with Crippen molar-refractivity contribution in [3.05, 3.63) is 59.9 Å². The number of hydrogen-bond donors (Lipinski definition) is 1. The molecule has 1 atom stereocenters. The highest BCUT2D eigenvalue weighted by Crippen LogP contribution is 2.25. The van der Waals surface area contributed by atoms with Crippen molar-refractivity contribution in [2.24, 2.45) is 5.92 Å². The molecule has 1 aliphatic heterocycles. The standard InChI is InChI=1S/C23H26N2O4S/c1-16-5-10-21-18(15-29-22(21)12-16)13-23(26)24-19-6-8-20(9-7-19)30(27,28)25-11-3-4-17(2)14-25/h5-10,12,15,17H,3-4,11,13-14H2,1-2H3,(H,24,26)/t17-/m1/s1. The first-order valence-corrected chi connectivity index (χ1v) is 11.6. The third kappa shape index (κ3) is 4.27. The van der Waals surface area contributed by atoms with Crippen LogP contribution >= 0.6 is 0 Å². The molecular weight excluding hydrogens is 400 g/mol. The average Bonchev–Trinajstić information content (AvgIpc) is 3.10. The largest absolute Gasteiger partial charge is 0.464 e. The van der Waals surface area contributed by atoms with E-state index in [0.29, 0.717) is 24.7 Å². The normalized spacial score (nSPS) is 17.9. The van der Waals surface area contributed by atoms with Crippen LogP contribution in [0.25, 0.3) is 11.0 Å². The molecule has 6 nitrogen and oxygen atoms in total. The first kappa shape index (κ1) is 20.6. The third-order valence-electron chi connectivity index (χ3n) is 5.56. The Hall–Kier alpha value is -2.64. The van der Waals surface area contributed by atoms with Crippen molar-refractivity contribution in [3.63, 3.8) is 0 Å². The van der Waals surface area contributed by atoms with E-state index >= 15 is 0 Å². The summed E-state index contributed by atoms with van der Waals surface area (Å²) in [6.07, 6.45) is 3.74. The smallest absolute Gasteiger partial charge is 0.243 e. The number of benzene rings is 2. The number of hydrogen-bond acceptors (Lipinski definition) is 4. The van der Waals surface area contributed by atoms with Gasteiger partial charge in [0.15, 0.2) is 0 Å². The maximum absolute atomic E-state index is 12.9. The van der Waals surface area contributed by atoms with Crippen molar-refractivity contribution in [1.29, 1.82) is 0 Å². The molecule has 7 heteroatoms. The number of fused-ring (bicyclic) bond motifs is 1. The Morgan fingerprint density at radius 3 is 2.70 bits per heavy atom. The number of nitrogens with one attached hydrogen (secondary N) is 1. The predicted octanol–water partition coefficient (Wildman–Crippen LogP) is 4.34.